The topological polar surface area (TPSA) is 37.3 Å². The molecule has 1 N–H and O–H groups in total. The number of unbranched alkanes of at least 4 members (excludes halogenated alkanes) is 7. The average Bonchev–Trinajstić information content (AvgIpc) is 2.21. The van der Waals surface area contributed by atoms with Gasteiger partial charge in [0.05, 0.1) is 0 Å². The Hall–Kier alpha value is 0.170. The van der Waals surface area contributed by atoms with E-state index in [1.54, 1.807) is 0 Å². The fourth-order valence-corrected chi connectivity index (χ4v) is 1.93. The summed E-state index contributed by atoms with van der Waals surface area (Å²) in [5.41, 5.74) is 0. The number of carbonyl (C=O) groups is 1. The number of hydrogen-bond acceptors (Lipinski definition) is 3. The minimum absolute atomic E-state index is 0.531. The SMILES string of the molecule is CCCCCCCCCCC(S)(S)C(=O)O. The van der Waals surface area contributed by atoms with Crippen LogP contribution in [0.1, 0.15) is 64.7 Å². The van der Waals surface area contributed by atoms with Crippen molar-refractivity contribution >= 4 is 31.2 Å². The van der Waals surface area contributed by atoms with Gasteiger partial charge in [-0.15, -0.1) is 0 Å². The Bertz CT molecular complexity index is 193. The van der Waals surface area contributed by atoms with Gasteiger partial charge in [0.15, 0.2) is 4.08 Å². The number of rotatable bonds is 10. The Morgan fingerprint density at radius 2 is 1.44 bits per heavy atom. The first-order valence-corrected chi connectivity index (χ1v) is 7.08. The van der Waals surface area contributed by atoms with E-state index in [9.17, 15) is 4.79 Å². The maximum atomic E-state index is 10.7. The maximum Gasteiger partial charge on any atom is 0.329 e. The molecule has 0 rings (SSSR count). The summed E-state index contributed by atoms with van der Waals surface area (Å²) in [5, 5.41) is 8.79. The van der Waals surface area contributed by atoms with E-state index in [0.717, 1.165) is 12.8 Å². The van der Waals surface area contributed by atoms with Crippen LogP contribution in [-0.2, 0) is 4.79 Å². The molecule has 16 heavy (non-hydrogen) atoms. The van der Waals surface area contributed by atoms with Crippen LogP contribution in [0.4, 0.5) is 0 Å². The molecule has 0 saturated heterocycles. The Morgan fingerprint density at radius 1 is 1.00 bits per heavy atom. The molecule has 0 aliphatic heterocycles. The van der Waals surface area contributed by atoms with Crippen LogP contribution in [-0.4, -0.2) is 15.2 Å². The molecule has 0 aromatic heterocycles. The first kappa shape index (κ1) is 16.2. The quantitative estimate of drug-likeness (QED) is 0.315. The summed E-state index contributed by atoms with van der Waals surface area (Å²) in [5.74, 6) is -0.942. The number of carboxylic acids is 1. The molecule has 0 aliphatic rings. The van der Waals surface area contributed by atoms with Gasteiger partial charge in [0, 0.05) is 0 Å². The zero-order valence-corrected chi connectivity index (χ0v) is 11.9. The molecule has 0 amide bonds. The lowest BCUT2D eigenvalue weighted by Gasteiger charge is -2.16. The number of carboxylic acid groups (broad SMARTS) is 1. The summed E-state index contributed by atoms with van der Waals surface area (Å²) in [7, 11) is 0. The Morgan fingerprint density at radius 3 is 1.88 bits per heavy atom. The first-order chi connectivity index (χ1) is 7.50. The molecule has 0 aliphatic carbocycles. The van der Waals surface area contributed by atoms with Crippen LogP contribution >= 0.6 is 25.3 Å². The Labute approximate surface area is 110 Å². The van der Waals surface area contributed by atoms with Gasteiger partial charge in [-0.05, 0) is 6.42 Å². The second-order valence-corrected chi connectivity index (χ2v) is 6.23. The van der Waals surface area contributed by atoms with Crippen molar-refractivity contribution in [2.45, 2.75) is 68.8 Å². The summed E-state index contributed by atoms with van der Waals surface area (Å²) in [6, 6.07) is 0. The van der Waals surface area contributed by atoms with E-state index in [2.05, 4.69) is 32.2 Å². The highest BCUT2D eigenvalue weighted by atomic mass is 32.2. The van der Waals surface area contributed by atoms with Gasteiger partial charge >= 0.3 is 5.97 Å². The van der Waals surface area contributed by atoms with Crippen LogP contribution in [0.15, 0.2) is 0 Å². The molecule has 0 aromatic rings. The fraction of sp³-hybridized carbons (Fsp3) is 0.917. The normalized spacial score (nSPS) is 11.7. The third-order valence-corrected chi connectivity index (χ3v) is 3.55. The highest BCUT2D eigenvalue weighted by Gasteiger charge is 2.28. The van der Waals surface area contributed by atoms with Crippen LogP contribution in [0, 0.1) is 0 Å². The van der Waals surface area contributed by atoms with Crippen LogP contribution < -0.4 is 0 Å². The molecule has 0 saturated carbocycles. The monoisotopic (exact) mass is 264 g/mol. The van der Waals surface area contributed by atoms with E-state index < -0.39 is 10.0 Å². The number of aliphatic carboxylic acids is 1. The third kappa shape index (κ3) is 8.34. The lowest BCUT2D eigenvalue weighted by Crippen LogP contribution is -2.25. The van der Waals surface area contributed by atoms with Gasteiger partial charge in [-0.2, -0.15) is 25.3 Å². The van der Waals surface area contributed by atoms with Gasteiger partial charge < -0.3 is 5.11 Å². The highest BCUT2D eigenvalue weighted by Crippen LogP contribution is 2.27. The van der Waals surface area contributed by atoms with E-state index in [1.807, 2.05) is 0 Å². The zero-order valence-electron chi connectivity index (χ0n) is 10.1. The Kier molecular flexibility index (Phi) is 9.32. The van der Waals surface area contributed by atoms with E-state index in [0.29, 0.717) is 6.42 Å². The predicted molar refractivity (Wildman–Crippen MR) is 75.6 cm³/mol. The fourth-order valence-electron chi connectivity index (χ4n) is 1.61. The van der Waals surface area contributed by atoms with Crippen molar-refractivity contribution in [3.63, 3.8) is 0 Å². The molecule has 0 heterocycles. The maximum absolute atomic E-state index is 10.7. The van der Waals surface area contributed by atoms with Crippen LogP contribution in [0.2, 0.25) is 0 Å². The van der Waals surface area contributed by atoms with Crippen LogP contribution in [0.3, 0.4) is 0 Å². The van der Waals surface area contributed by atoms with Crippen molar-refractivity contribution in [3.05, 3.63) is 0 Å². The van der Waals surface area contributed by atoms with Crippen molar-refractivity contribution in [2.24, 2.45) is 0 Å². The molecule has 0 fully saturated rings. The molecule has 0 unspecified atom stereocenters. The lowest BCUT2D eigenvalue weighted by molar-refractivity contribution is -0.137. The summed E-state index contributed by atoms with van der Waals surface area (Å²) in [4.78, 5) is 10.7. The predicted octanol–water partition coefficient (Wildman–Crippen LogP) is 4.16. The number of hydrogen-bond donors (Lipinski definition) is 3. The van der Waals surface area contributed by atoms with Gasteiger partial charge in [-0.1, -0.05) is 58.3 Å². The molecule has 0 atom stereocenters. The van der Waals surface area contributed by atoms with E-state index in [4.69, 9.17) is 5.11 Å². The molecule has 0 aromatic carbocycles. The lowest BCUT2D eigenvalue weighted by atomic mass is 10.1. The summed E-state index contributed by atoms with van der Waals surface area (Å²) >= 11 is 8.03. The second-order valence-electron chi connectivity index (χ2n) is 4.35. The van der Waals surface area contributed by atoms with Gasteiger partial charge in [0.25, 0.3) is 0 Å². The first-order valence-electron chi connectivity index (χ1n) is 6.19. The van der Waals surface area contributed by atoms with Gasteiger partial charge in [-0.25, -0.2) is 4.79 Å². The van der Waals surface area contributed by atoms with Gasteiger partial charge in [0.2, 0.25) is 0 Å². The van der Waals surface area contributed by atoms with Crippen molar-refractivity contribution < 1.29 is 9.90 Å². The van der Waals surface area contributed by atoms with Crippen molar-refractivity contribution in [3.8, 4) is 0 Å². The standard InChI is InChI=1S/C12H24O2S2/c1-2-3-4-5-6-7-8-9-10-12(15,16)11(13)14/h15-16H,2-10H2,1H3,(H,13,14). The second kappa shape index (κ2) is 9.23. The Balaban J connectivity index is 3.30. The summed E-state index contributed by atoms with van der Waals surface area (Å²) in [6.07, 6.45) is 10.2. The molecule has 96 valence electrons. The van der Waals surface area contributed by atoms with Crippen LogP contribution in [0.25, 0.3) is 0 Å². The summed E-state index contributed by atoms with van der Waals surface area (Å²) < 4.78 is -1.15. The van der Waals surface area contributed by atoms with E-state index in [-0.39, 0.29) is 0 Å². The zero-order chi connectivity index (χ0) is 12.4. The van der Waals surface area contributed by atoms with Gasteiger partial charge in [-0.3, -0.25) is 0 Å². The van der Waals surface area contributed by atoms with Crippen LogP contribution in [0.5, 0.6) is 0 Å². The van der Waals surface area contributed by atoms with Gasteiger partial charge in [0.1, 0.15) is 0 Å². The minimum atomic E-state index is -1.15. The average molecular weight is 264 g/mol. The molecule has 0 radical (unpaired) electrons. The van der Waals surface area contributed by atoms with E-state index in [1.165, 1.54) is 38.5 Å². The van der Waals surface area contributed by atoms with Crippen molar-refractivity contribution in [1.29, 1.82) is 0 Å². The molecule has 2 nitrogen and oxygen atoms in total. The molecule has 0 spiro atoms. The highest BCUT2D eigenvalue weighted by molar-refractivity contribution is 8.01. The molecule has 0 bridgehead atoms. The smallest absolute Gasteiger partial charge is 0.329 e. The molecule has 4 heteroatoms. The number of thiol groups is 2. The van der Waals surface area contributed by atoms with Crippen molar-refractivity contribution in [2.75, 3.05) is 0 Å². The summed E-state index contributed by atoms with van der Waals surface area (Å²) in [6.45, 7) is 2.21. The minimum Gasteiger partial charge on any atom is -0.480 e. The van der Waals surface area contributed by atoms with E-state index >= 15 is 0 Å². The third-order valence-electron chi connectivity index (χ3n) is 2.72. The molecular formula is C12H24O2S2. The largest absolute Gasteiger partial charge is 0.480 e. The van der Waals surface area contributed by atoms with Crippen molar-refractivity contribution in [1.82, 2.24) is 0 Å². The molecular weight excluding hydrogens is 240 g/mol.